The number of piperazine rings is 1. The summed E-state index contributed by atoms with van der Waals surface area (Å²) < 4.78 is 10.9. The van der Waals surface area contributed by atoms with Gasteiger partial charge in [0.2, 0.25) is 23.7 Å². The first kappa shape index (κ1) is 49.2. The summed E-state index contributed by atoms with van der Waals surface area (Å²) in [6, 6.07) is 3.84. The van der Waals surface area contributed by atoms with E-state index in [1.165, 1.54) is 13.8 Å². The van der Waals surface area contributed by atoms with E-state index >= 15 is 0 Å². The van der Waals surface area contributed by atoms with Crippen molar-refractivity contribution in [3.8, 4) is 17.6 Å². The second-order valence-corrected chi connectivity index (χ2v) is 18.5. The first-order valence-corrected chi connectivity index (χ1v) is 24.2. The number of fused-ring (bicyclic) bond motifs is 2. The molecule has 72 heavy (non-hydrogen) atoms. The number of nitrogens with zero attached hydrogens (tertiary/aromatic N) is 13. The highest BCUT2D eigenvalue weighted by Gasteiger charge is 2.27. The van der Waals surface area contributed by atoms with E-state index in [9.17, 15) is 19.2 Å². The Morgan fingerprint density at radius 2 is 1.68 bits per heavy atom. The lowest BCUT2D eigenvalue weighted by molar-refractivity contribution is -0.122. The summed E-state index contributed by atoms with van der Waals surface area (Å²) >= 11 is 6.68. The highest BCUT2D eigenvalue weighted by atomic mass is 35.5. The average molecular weight is 996 g/mol. The predicted molar refractivity (Wildman–Crippen MR) is 272 cm³/mol. The number of nitrogens with one attached hydrogen (secondary N) is 3. The number of carbonyl (C=O) groups excluding carboxylic acids is 3. The maximum Gasteiger partial charge on any atom is 0.263 e. The summed E-state index contributed by atoms with van der Waals surface area (Å²) in [7, 11) is 1.63. The second kappa shape index (κ2) is 21.3. The van der Waals surface area contributed by atoms with Gasteiger partial charge in [-0.3, -0.25) is 43.6 Å². The van der Waals surface area contributed by atoms with Crippen molar-refractivity contribution in [2.24, 2.45) is 0 Å². The molecule has 0 bridgehead atoms. The van der Waals surface area contributed by atoms with Crippen molar-refractivity contribution >= 4 is 74.7 Å². The van der Waals surface area contributed by atoms with Crippen molar-refractivity contribution in [3.05, 3.63) is 97.8 Å². The molecule has 9 rings (SSSR count). The van der Waals surface area contributed by atoms with Gasteiger partial charge in [-0.05, 0) is 58.2 Å². The summed E-state index contributed by atoms with van der Waals surface area (Å²) in [5.41, 5.74) is 6.32. The maximum atomic E-state index is 13.6. The Kier molecular flexibility index (Phi) is 14.5. The number of aromatic nitrogens is 11. The molecule has 0 spiro atoms. The first-order chi connectivity index (χ1) is 34.7. The summed E-state index contributed by atoms with van der Waals surface area (Å²) in [5.74, 6) is 7.44. The van der Waals surface area contributed by atoms with Gasteiger partial charge in [-0.2, -0.15) is 15.0 Å². The highest BCUT2D eigenvalue weighted by Crippen LogP contribution is 2.33. The molecule has 2 fully saturated rings. The molecule has 372 valence electrons. The number of anilines is 4. The lowest BCUT2D eigenvalue weighted by Gasteiger charge is -2.35. The molecule has 1 saturated heterocycles. The molecule has 7 aromatic heterocycles. The third-order valence-electron chi connectivity index (χ3n) is 13.1. The number of aryl methyl sites for hydroxylation is 3. The third-order valence-corrected chi connectivity index (χ3v) is 13.4. The number of hydrogen-bond acceptors (Lipinski definition) is 16. The zero-order valence-electron chi connectivity index (χ0n) is 41.0. The van der Waals surface area contributed by atoms with E-state index in [0.717, 1.165) is 67.0 Å². The van der Waals surface area contributed by atoms with Crippen LogP contribution in [0.15, 0.2) is 47.9 Å². The fourth-order valence-electron chi connectivity index (χ4n) is 9.50. The molecule has 3 N–H and O–H groups in total. The van der Waals surface area contributed by atoms with Crippen LogP contribution >= 0.6 is 11.6 Å². The van der Waals surface area contributed by atoms with Gasteiger partial charge in [-0.25, -0.2) is 9.97 Å². The molecule has 1 aliphatic heterocycles. The van der Waals surface area contributed by atoms with Gasteiger partial charge in [0.05, 0.1) is 73.6 Å². The smallest absolute Gasteiger partial charge is 0.263 e. The number of ether oxygens (including phenoxy) is 1. The maximum absolute atomic E-state index is 13.6. The Morgan fingerprint density at radius 3 is 2.40 bits per heavy atom. The molecule has 22 heteroatoms. The van der Waals surface area contributed by atoms with E-state index < -0.39 is 0 Å². The molecule has 0 aromatic carbocycles. The van der Waals surface area contributed by atoms with Crippen LogP contribution in [0.3, 0.4) is 0 Å². The monoisotopic (exact) mass is 994 g/mol. The second-order valence-electron chi connectivity index (χ2n) is 18.1. The van der Waals surface area contributed by atoms with E-state index in [-0.39, 0.29) is 59.0 Å². The fourth-order valence-corrected chi connectivity index (χ4v) is 9.77. The molecule has 7 aromatic rings. The fraction of sp³-hybridized carbons (Fsp3) is 0.400. The number of Topliss-reactive ketones (excluding diaryl/α,β-unsaturated/α-hetero) is 1. The van der Waals surface area contributed by atoms with E-state index in [1.807, 2.05) is 36.7 Å². The van der Waals surface area contributed by atoms with Crippen LogP contribution in [0.2, 0.25) is 5.15 Å². The molecule has 1 aliphatic carbocycles. The van der Waals surface area contributed by atoms with Crippen molar-refractivity contribution in [1.82, 2.24) is 64.2 Å². The van der Waals surface area contributed by atoms with Crippen LogP contribution in [0.4, 0.5) is 23.4 Å². The van der Waals surface area contributed by atoms with Gasteiger partial charge in [-0.15, -0.1) is 5.10 Å². The summed E-state index contributed by atoms with van der Waals surface area (Å²) in [6.07, 6.45) is 13.1. The molecular formula is C50H55ClN16O5. The van der Waals surface area contributed by atoms with Crippen molar-refractivity contribution in [2.45, 2.75) is 92.4 Å². The van der Waals surface area contributed by atoms with Gasteiger partial charge < -0.3 is 24.8 Å². The molecular weight excluding hydrogens is 940 g/mol. The van der Waals surface area contributed by atoms with Gasteiger partial charge in [0.15, 0.2) is 5.78 Å². The van der Waals surface area contributed by atoms with Crippen molar-refractivity contribution in [3.63, 3.8) is 0 Å². The number of hydrogen-bond donors (Lipinski definition) is 3. The van der Waals surface area contributed by atoms with E-state index in [1.54, 1.807) is 48.1 Å². The summed E-state index contributed by atoms with van der Waals surface area (Å²) in [5, 5.41) is 18.7. The minimum absolute atomic E-state index is 0.0129. The number of pyridine rings is 3. The first-order valence-electron chi connectivity index (χ1n) is 23.8. The van der Waals surface area contributed by atoms with Crippen molar-refractivity contribution < 1.29 is 19.1 Å². The molecule has 2 aliphatic rings. The standard InChI is InChI=1S/C50H55ClN16O5/c1-29-21-52-39(31(3)44(29)72-6)27-65-25-34(43-45(51)58-50(56-33(5)69)60-47(43)65)11-9-10-16-66-26-35(61-62-66)22-54-41(70)28-63-17-19-64(20-18-63)37-14-15-40(53-23-37)57-49-55-24-38-30(2)42(32(4)68)48(71)67(46(38)59-49)36-12-7-8-13-36/h14-15,21,23-26,36H,7-8,10,12-13,16-20,22,27-28H2,1-6H3,(H,54,70)(H,53,55,57,59)(H,56,58,60,69). The van der Waals surface area contributed by atoms with Crippen molar-refractivity contribution in [1.29, 1.82) is 0 Å². The number of methoxy groups -OCH3 is 1. The molecule has 0 radical (unpaired) electrons. The lowest BCUT2D eigenvalue weighted by atomic mass is 10.0. The zero-order chi connectivity index (χ0) is 50.6. The molecule has 2 amide bonds. The van der Waals surface area contributed by atoms with Crippen LogP contribution in [0.25, 0.3) is 22.1 Å². The quantitative estimate of drug-likeness (QED) is 0.0657. The lowest BCUT2D eigenvalue weighted by Crippen LogP contribution is -2.49. The van der Waals surface area contributed by atoms with Crippen LogP contribution in [0.5, 0.6) is 5.75 Å². The van der Waals surface area contributed by atoms with Crippen LogP contribution in [-0.4, -0.2) is 116 Å². The average Bonchev–Trinajstić information content (AvgIpc) is 4.13. The largest absolute Gasteiger partial charge is 0.496 e. The molecule has 8 heterocycles. The zero-order valence-corrected chi connectivity index (χ0v) is 41.8. The topological polar surface area (TPSA) is 238 Å². The molecule has 0 unspecified atom stereocenters. The van der Waals surface area contributed by atoms with Gasteiger partial charge in [-0.1, -0.05) is 41.5 Å². The summed E-state index contributed by atoms with van der Waals surface area (Å²) in [4.78, 5) is 82.8. The SMILES string of the molecule is COc1c(C)cnc(Cn2cc(C#CCCn3cc(CNC(=O)CN4CCN(c5ccc(Nc6ncc7c(C)c(C(C)=O)c(=O)n(C8CCCC8)c7n6)nc5)CC4)nn3)c3c(Cl)nc(NC(C)=O)nc32)c1C. The minimum Gasteiger partial charge on any atom is -0.496 e. The number of amides is 2. The van der Waals surface area contributed by atoms with E-state index in [0.29, 0.717) is 83.3 Å². The summed E-state index contributed by atoms with van der Waals surface area (Å²) in [6.45, 7) is 12.6. The van der Waals surface area contributed by atoms with Crippen LogP contribution < -0.4 is 31.1 Å². The Labute approximate surface area is 419 Å². The Balaban J connectivity index is 0.753. The van der Waals surface area contributed by atoms with E-state index in [2.05, 4.69) is 72.8 Å². The Morgan fingerprint density at radius 1 is 0.903 bits per heavy atom. The van der Waals surface area contributed by atoms with Gasteiger partial charge in [0.25, 0.3) is 5.56 Å². The van der Waals surface area contributed by atoms with Gasteiger partial charge in [0.1, 0.15) is 33.7 Å². The van der Waals surface area contributed by atoms with Crippen molar-refractivity contribution in [2.75, 3.05) is 55.4 Å². The van der Waals surface area contributed by atoms with Gasteiger partial charge >= 0.3 is 0 Å². The number of carbonyl (C=O) groups is 3. The van der Waals surface area contributed by atoms with Crippen LogP contribution in [-0.2, 0) is 29.2 Å². The number of rotatable bonds is 15. The molecule has 1 saturated carbocycles. The molecule has 0 atom stereocenters. The minimum atomic E-state index is -0.324. The normalized spacial score (nSPS) is 14.1. The Hall–Kier alpha value is -7.83. The number of halogens is 1. The van der Waals surface area contributed by atoms with E-state index in [4.69, 9.17) is 21.3 Å². The highest BCUT2D eigenvalue weighted by molar-refractivity contribution is 6.34. The predicted octanol–water partition coefficient (Wildman–Crippen LogP) is 5.45. The van der Waals surface area contributed by atoms with Gasteiger partial charge in [0, 0.05) is 80.7 Å². The Bertz CT molecular complexity index is 3340. The number of ketones is 1. The van der Waals surface area contributed by atoms with Crippen LogP contribution in [0, 0.1) is 32.6 Å². The third kappa shape index (κ3) is 10.6. The van der Waals surface area contributed by atoms with Crippen LogP contribution in [0.1, 0.15) is 96.0 Å². The molecule has 21 nitrogen and oxygen atoms in total.